The van der Waals surface area contributed by atoms with Crippen LogP contribution in [0, 0.1) is 6.92 Å². The third-order valence-corrected chi connectivity index (χ3v) is 3.83. The van der Waals surface area contributed by atoms with Crippen LogP contribution >= 0.6 is 0 Å². The number of carbonyl (C=O) groups is 1. The van der Waals surface area contributed by atoms with E-state index in [1.165, 1.54) is 0 Å². The van der Waals surface area contributed by atoms with Crippen molar-refractivity contribution in [3.8, 4) is 5.75 Å². The molecular weight excluding hydrogens is 314 g/mol. The van der Waals surface area contributed by atoms with E-state index in [1.807, 2.05) is 50.2 Å². The Morgan fingerprint density at radius 3 is 2.52 bits per heavy atom. The van der Waals surface area contributed by atoms with Gasteiger partial charge in [-0.15, -0.1) is 0 Å². The third kappa shape index (κ3) is 5.91. The lowest BCUT2D eigenvalue weighted by Crippen LogP contribution is -2.13. The highest BCUT2D eigenvalue weighted by molar-refractivity contribution is 6.04. The number of rotatable bonds is 9. The van der Waals surface area contributed by atoms with E-state index < -0.39 is 0 Å². The van der Waals surface area contributed by atoms with Gasteiger partial charge < -0.3 is 14.8 Å². The molecule has 0 aliphatic carbocycles. The Morgan fingerprint density at radius 1 is 1.08 bits per heavy atom. The van der Waals surface area contributed by atoms with Crippen molar-refractivity contribution in [3.05, 3.63) is 59.2 Å². The van der Waals surface area contributed by atoms with E-state index in [4.69, 9.17) is 9.47 Å². The van der Waals surface area contributed by atoms with Crippen LogP contribution in [0.4, 0.5) is 5.69 Å². The van der Waals surface area contributed by atoms with Crippen LogP contribution in [0.25, 0.3) is 0 Å². The zero-order valence-electron chi connectivity index (χ0n) is 15.3. The van der Waals surface area contributed by atoms with Crippen LogP contribution in [0.3, 0.4) is 0 Å². The lowest BCUT2D eigenvalue weighted by atomic mass is 10.1. The van der Waals surface area contributed by atoms with Gasteiger partial charge in [-0.05, 0) is 50.6 Å². The van der Waals surface area contributed by atoms with Crippen molar-refractivity contribution < 1.29 is 14.3 Å². The van der Waals surface area contributed by atoms with Gasteiger partial charge in [0, 0.05) is 23.4 Å². The van der Waals surface area contributed by atoms with Crippen LogP contribution in [-0.2, 0) is 11.3 Å². The number of amides is 1. The molecule has 134 valence electrons. The molecule has 2 aromatic rings. The average molecular weight is 341 g/mol. The summed E-state index contributed by atoms with van der Waals surface area (Å²) in [5.74, 6) is 0.632. The molecule has 0 saturated heterocycles. The Kier molecular flexibility index (Phi) is 7.48. The number of ether oxygens (including phenoxy) is 2. The SMILES string of the molecule is CCCCOCc1cc(C(=O)Nc2ccc(C)cc2)ccc1OCC. The van der Waals surface area contributed by atoms with Gasteiger partial charge >= 0.3 is 0 Å². The maximum atomic E-state index is 12.5. The van der Waals surface area contributed by atoms with Gasteiger partial charge in [0.05, 0.1) is 13.2 Å². The first-order valence-electron chi connectivity index (χ1n) is 8.85. The second-order valence-corrected chi connectivity index (χ2v) is 5.98. The highest BCUT2D eigenvalue weighted by Gasteiger charge is 2.11. The second-order valence-electron chi connectivity index (χ2n) is 5.98. The fraction of sp³-hybridized carbons (Fsp3) is 0.381. The number of benzene rings is 2. The van der Waals surface area contributed by atoms with Crippen molar-refractivity contribution in [1.82, 2.24) is 0 Å². The molecule has 0 spiro atoms. The maximum Gasteiger partial charge on any atom is 0.255 e. The Hall–Kier alpha value is -2.33. The molecule has 0 unspecified atom stereocenters. The predicted octanol–water partition coefficient (Wildman–Crippen LogP) is 4.96. The molecule has 0 aliphatic heterocycles. The van der Waals surface area contributed by atoms with E-state index in [-0.39, 0.29) is 5.91 Å². The average Bonchev–Trinajstić information content (AvgIpc) is 2.62. The first-order chi connectivity index (χ1) is 12.1. The van der Waals surface area contributed by atoms with E-state index in [0.717, 1.165) is 35.4 Å². The van der Waals surface area contributed by atoms with Gasteiger partial charge in [-0.25, -0.2) is 0 Å². The van der Waals surface area contributed by atoms with Crippen LogP contribution in [0.2, 0.25) is 0 Å². The number of hydrogen-bond donors (Lipinski definition) is 1. The van der Waals surface area contributed by atoms with E-state index in [0.29, 0.717) is 25.4 Å². The summed E-state index contributed by atoms with van der Waals surface area (Å²) >= 11 is 0. The van der Waals surface area contributed by atoms with Crippen LogP contribution in [-0.4, -0.2) is 19.1 Å². The first kappa shape index (κ1) is 19.0. The molecule has 1 N–H and O–H groups in total. The van der Waals surface area contributed by atoms with Gasteiger partial charge in [0.15, 0.2) is 0 Å². The van der Waals surface area contributed by atoms with E-state index in [1.54, 1.807) is 6.07 Å². The normalized spacial score (nSPS) is 10.5. The monoisotopic (exact) mass is 341 g/mol. The Bertz CT molecular complexity index is 680. The highest BCUT2D eigenvalue weighted by Crippen LogP contribution is 2.22. The Morgan fingerprint density at radius 2 is 1.84 bits per heavy atom. The molecule has 0 aromatic heterocycles. The summed E-state index contributed by atoms with van der Waals surface area (Å²) in [5.41, 5.74) is 3.43. The maximum absolute atomic E-state index is 12.5. The first-order valence-corrected chi connectivity index (χ1v) is 8.85. The number of anilines is 1. The minimum atomic E-state index is -0.137. The van der Waals surface area contributed by atoms with Crippen LogP contribution in [0.5, 0.6) is 5.75 Å². The van der Waals surface area contributed by atoms with Crippen molar-refractivity contribution in [2.24, 2.45) is 0 Å². The fourth-order valence-corrected chi connectivity index (χ4v) is 2.40. The van der Waals surface area contributed by atoms with Gasteiger partial charge in [0.25, 0.3) is 5.91 Å². The zero-order chi connectivity index (χ0) is 18.1. The molecule has 0 heterocycles. The molecule has 0 fully saturated rings. The quantitative estimate of drug-likeness (QED) is 0.656. The number of aryl methyl sites for hydroxylation is 1. The van der Waals surface area contributed by atoms with Gasteiger partial charge in [0.2, 0.25) is 0 Å². The van der Waals surface area contributed by atoms with Crippen LogP contribution < -0.4 is 10.1 Å². The summed E-state index contributed by atoms with van der Waals surface area (Å²) in [6.07, 6.45) is 2.12. The third-order valence-electron chi connectivity index (χ3n) is 3.83. The smallest absolute Gasteiger partial charge is 0.255 e. The summed E-state index contributed by atoms with van der Waals surface area (Å²) in [6, 6.07) is 13.2. The summed E-state index contributed by atoms with van der Waals surface area (Å²) in [6.45, 7) is 7.83. The molecule has 1 amide bonds. The molecule has 0 radical (unpaired) electrons. The van der Waals surface area contributed by atoms with Crippen molar-refractivity contribution in [3.63, 3.8) is 0 Å². The fourth-order valence-electron chi connectivity index (χ4n) is 2.40. The molecular formula is C21H27NO3. The van der Waals surface area contributed by atoms with Gasteiger partial charge in [-0.2, -0.15) is 0 Å². The molecule has 4 nitrogen and oxygen atoms in total. The van der Waals surface area contributed by atoms with Crippen molar-refractivity contribution in [1.29, 1.82) is 0 Å². The Balaban J connectivity index is 2.10. The minimum absolute atomic E-state index is 0.137. The topological polar surface area (TPSA) is 47.6 Å². The van der Waals surface area contributed by atoms with Gasteiger partial charge in [0.1, 0.15) is 5.75 Å². The van der Waals surface area contributed by atoms with E-state index in [9.17, 15) is 4.79 Å². The molecule has 25 heavy (non-hydrogen) atoms. The van der Waals surface area contributed by atoms with Crippen LogP contribution in [0.15, 0.2) is 42.5 Å². The Labute approximate surface area is 150 Å². The number of hydrogen-bond acceptors (Lipinski definition) is 3. The number of unbranched alkanes of at least 4 members (excludes halogenated alkanes) is 1. The summed E-state index contributed by atoms with van der Waals surface area (Å²) in [4.78, 5) is 12.5. The van der Waals surface area contributed by atoms with Crippen molar-refractivity contribution in [2.45, 2.75) is 40.2 Å². The zero-order valence-corrected chi connectivity index (χ0v) is 15.3. The van der Waals surface area contributed by atoms with Crippen molar-refractivity contribution in [2.75, 3.05) is 18.5 Å². The summed E-state index contributed by atoms with van der Waals surface area (Å²) in [5, 5.41) is 2.92. The lowest BCUT2D eigenvalue weighted by Gasteiger charge is -2.13. The molecule has 0 bridgehead atoms. The molecule has 2 rings (SSSR count). The standard InChI is InChI=1S/C21H27NO3/c1-4-6-13-24-15-18-14-17(9-12-20(18)25-5-2)21(23)22-19-10-7-16(3)8-11-19/h7-12,14H,4-6,13,15H2,1-3H3,(H,22,23). The lowest BCUT2D eigenvalue weighted by molar-refractivity contribution is 0.102. The molecule has 0 atom stereocenters. The number of nitrogens with one attached hydrogen (secondary N) is 1. The summed E-state index contributed by atoms with van der Waals surface area (Å²) in [7, 11) is 0. The van der Waals surface area contributed by atoms with E-state index in [2.05, 4.69) is 12.2 Å². The molecule has 2 aromatic carbocycles. The second kappa shape index (κ2) is 9.84. The van der Waals surface area contributed by atoms with Gasteiger partial charge in [-0.1, -0.05) is 31.0 Å². The minimum Gasteiger partial charge on any atom is -0.494 e. The van der Waals surface area contributed by atoms with E-state index >= 15 is 0 Å². The number of carbonyl (C=O) groups excluding carboxylic acids is 1. The molecule has 0 aliphatic rings. The van der Waals surface area contributed by atoms with Crippen molar-refractivity contribution >= 4 is 11.6 Å². The van der Waals surface area contributed by atoms with Crippen LogP contribution in [0.1, 0.15) is 48.2 Å². The largest absolute Gasteiger partial charge is 0.494 e. The molecule has 0 saturated carbocycles. The summed E-state index contributed by atoms with van der Waals surface area (Å²) < 4.78 is 11.4. The highest BCUT2D eigenvalue weighted by atomic mass is 16.5. The predicted molar refractivity (Wildman–Crippen MR) is 101 cm³/mol. The molecule has 4 heteroatoms. The van der Waals surface area contributed by atoms with Gasteiger partial charge in [-0.3, -0.25) is 4.79 Å².